The molecule has 2 aromatic heterocycles. The SMILES string of the molecule is Cn1ncnc1[C@@H]1c2n[nH]c(=O)c3cc(F)cc(c23)N[C@@]1(C)[C@H]1CCOC1. The van der Waals surface area contributed by atoms with Crippen LogP contribution in [0.15, 0.2) is 23.3 Å². The largest absolute Gasteiger partial charge is 0.381 e. The molecule has 0 radical (unpaired) electrons. The van der Waals surface area contributed by atoms with Gasteiger partial charge in [0.2, 0.25) is 0 Å². The zero-order valence-corrected chi connectivity index (χ0v) is 15.0. The van der Waals surface area contributed by atoms with Gasteiger partial charge in [-0.2, -0.15) is 10.2 Å². The van der Waals surface area contributed by atoms with E-state index in [1.54, 1.807) is 4.68 Å². The third-order valence-electron chi connectivity index (χ3n) is 5.94. The molecule has 140 valence electrons. The summed E-state index contributed by atoms with van der Waals surface area (Å²) in [6, 6.07) is 2.67. The van der Waals surface area contributed by atoms with Gasteiger partial charge in [-0.3, -0.25) is 9.48 Å². The Hall–Kier alpha value is -2.81. The molecule has 2 aliphatic rings. The Kier molecular flexibility index (Phi) is 3.39. The van der Waals surface area contributed by atoms with Crippen LogP contribution in [-0.2, 0) is 11.8 Å². The van der Waals surface area contributed by atoms with Gasteiger partial charge in [-0.25, -0.2) is 14.5 Å². The number of nitrogens with zero attached hydrogens (tertiary/aromatic N) is 4. The molecule has 1 saturated heterocycles. The lowest BCUT2D eigenvalue weighted by Gasteiger charge is -2.45. The number of rotatable bonds is 2. The number of aromatic nitrogens is 5. The van der Waals surface area contributed by atoms with Crippen molar-refractivity contribution in [2.75, 3.05) is 18.5 Å². The molecule has 4 heterocycles. The normalized spacial score (nSPS) is 27.1. The lowest BCUT2D eigenvalue weighted by molar-refractivity contribution is 0.164. The van der Waals surface area contributed by atoms with Crippen molar-refractivity contribution in [2.24, 2.45) is 13.0 Å². The lowest BCUT2D eigenvalue weighted by atomic mass is 9.69. The maximum Gasteiger partial charge on any atom is 0.272 e. The van der Waals surface area contributed by atoms with Gasteiger partial charge < -0.3 is 10.1 Å². The van der Waals surface area contributed by atoms with E-state index in [0.29, 0.717) is 30.0 Å². The maximum absolute atomic E-state index is 14.2. The minimum atomic E-state index is -0.531. The number of hydrogen-bond donors (Lipinski definition) is 2. The number of aromatic amines is 1. The summed E-state index contributed by atoms with van der Waals surface area (Å²) in [7, 11) is 1.83. The summed E-state index contributed by atoms with van der Waals surface area (Å²) in [6.45, 7) is 3.35. The van der Waals surface area contributed by atoms with Crippen molar-refractivity contribution in [2.45, 2.75) is 24.8 Å². The van der Waals surface area contributed by atoms with Gasteiger partial charge >= 0.3 is 0 Å². The van der Waals surface area contributed by atoms with Gasteiger partial charge in [0.15, 0.2) is 0 Å². The molecule has 27 heavy (non-hydrogen) atoms. The first-order chi connectivity index (χ1) is 13.0. The summed E-state index contributed by atoms with van der Waals surface area (Å²) in [4.78, 5) is 16.8. The van der Waals surface area contributed by atoms with Gasteiger partial charge in [0, 0.05) is 30.6 Å². The first-order valence-corrected chi connectivity index (χ1v) is 8.90. The highest BCUT2D eigenvalue weighted by Crippen LogP contribution is 2.49. The molecule has 8 nitrogen and oxygen atoms in total. The zero-order valence-electron chi connectivity index (χ0n) is 15.0. The van der Waals surface area contributed by atoms with Crippen molar-refractivity contribution >= 4 is 16.5 Å². The second-order valence-corrected chi connectivity index (χ2v) is 7.46. The van der Waals surface area contributed by atoms with Crippen molar-refractivity contribution in [3.63, 3.8) is 0 Å². The molecule has 0 spiro atoms. The van der Waals surface area contributed by atoms with E-state index < -0.39 is 16.9 Å². The number of ether oxygens (including phenoxy) is 1. The highest BCUT2D eigenvalue weighted by molar-refractivity contribution is 5.97. The van der Waals surface area contributed by atoms with E-state index in [-0.39, 0.29) is 17.2 Å². The molecule has 3 atom stereocenters. The molecule has 0 amide bonds. The zero-order chi connectivity index (χ0) is 18.8. The molecule has 0 saturated carbocycles. The molecule has 2 aliphatic heterocycles. The Morgan fingerprint density at radius 2 is 2.26 bits per heavy atom. The average molecular weight is 370 g/mol. The van der Waals surface area contributed by atoms with Crippen molar-refractivity contribution in [3.8, 4) is 0 Å². The Morgan fingerprint density at radius 1 is 1.41 bits per heavy atom. The monoisotopic (exact) mass is 370 g/mol. The molecule has 0 bridgehead atoms. The number of halogens is 1. The highest BCUT2D eigenvalue weighted by atomic mass is 19.1. The summed E-state index contributed by atoms with van der Waals surface area (Å²) in [6.07, 6.45) is 2.37. The van der Waals surface area contributed by atoms with E-state index in [2.05, 4.69) is 32.5 Å². The molecular formula is C18H19FN6O2. The second-order valence-electron chi connectivity index (χ2n) is 7.46. The fraction of sp³-hybridized carbons (Fsp3) is 0.444. The van der Waals surface area contributed by atoms with Gasteiger partial charge in [-0.15, -0.1) is 0 Å². The number of H-pyrrole nitrogens is 1. The Balaban J connectivity index is 1.84. The number of nitrogens with one attached hydrogen (secondary N) is 2. The van der Waals surface area contributed by atoms with Crippen molar-refractivity contribution < 1.29 is 9.13 Å². The van der Waals surface area contributed by atoms with E-state index >= 15 is 0 Å². The summed E-state index contributed by atoms with van der Waals surface area (Å²) in [5.41, 5.74) is 0.298. The van der Waals surface area contributed by atoms with Crippen molar-refractivity contribution in [1.29, 1.82) is 0 Å². The van der Waals surface area contributed by atoms with Crippen LogP contribution in [0.25, 0.3) is 10.8 Å². The van der Waals surface area contributed by atoms with Gasteiger partial charge in [0.25, 0.3) is 5.56 Å². The Labute approximate surface area is 153 Å². The molecule has 1 aromatic carbocycles. The smallest absolute Gasteiger partial charge is 0.272 e. The van der Waals surface area contributed by atoms with Crippen LogP contribution in [-0.4, -0.2) is 43.7 Å². The van der Waals surface area contributed by atoms with Crippen LogP contribution in [0.1, 0.15) is 30.8 Å². The third kappa shape index (κ3) is 2.24. The standard InChI is InChI=1S/C18H19FN6O2/c1-18(9-3-4-27-7-9)14(16-20-8-21-25(16)2)15-13-11(17(26)24-23-15)5-10(19)6-12(13)22-18/h5-6,8-9,14,22H,3-4,7H2,1-2H3,(H,24,26)/t9-,14-,18-/m0/s1. The molecule has 1 fully saturated rings. The summed E-state index contributed by atoms with van der Waals surface area (Å²) in [5.74, 6) is 0.149. The summed E-state index contributed by atoms with van der Waals surface area (Å²) >= 11 is 0. The number of aryl methyl sites for hydroxylation is 1. The first-order valence-electron chi connectivity index (χ1n) is 8.90. The number of anilines is 1. The summed E-state index contributed by atoms with van der Waals surface area (Å²) < 4.78 is 21.6. The molecule has 2 N–H and O–H groups in total. The van der Waals surface area contributed by atoms with Gasteiger partial charge in [0.05, 0.1) is 29.1 Å². The Bertz CT molecular complexity index is 1100. The molecule has 9 heteroatoms. The van der Waals surface area contributed by atoms with Crippen LogP contribution in [0.5, 0.6) is 0 Å². The molecule has 5 rings (SSSR count). The van der Waals surface area contributed by atoms with Crippen LogP contribution in [0, 0.1) is 11.7 Å². The highest BCUT2D eigenvalue weighted by Gasteiger charge is 2.50. The van der Waals surface area contributed by atoms with Crippen LogP contribution in [0.4, 0.5) is 10.1 Å². The van der Waals surface area contributed by atoms with E-state index in [9.17, 15) is 9.18 Å². The maximum atomic E-state index is 14.2. The van der Waals surface area contributed by atoms with Crippen LogP contribution < -0.4 is 10.9 Å². The Morgan fingerprint density at radius 3 is 2.96 bits per heavy atom. The predicted octanol–water partition coefficient (Wildman–Crippen LogP) is 1.54. The quantitative estimate of drug-likeness (QED) is 0.710. The molecular weight excluding hydrogens is 351 g/mol. The van der Waals surface area contributed by atoms with Crippen LogP contribution in [0.2, 0.25) is 0 Å². The fourth-order valence-electron chi connectivity index (χ4n) is 4.55. The van der Waals surface area contributed by atoms with Crippen molar-refractivity contribution in [3.05, 3.63) is 46.1 Å². The molecule has 0 aliphatic carbocycles. The average Bonchev–Trinajstić information content (AvgIpc) is 3.30. The minimum Gasteiger partial charge on any atom is -0.381 e. The minimum absolute atomic E-state index is 0.166. The van der Waals surface area contributed by atoms with E-state index in [0.717, 1.165) is 12.2 Å². The predicted molar refractivity (Wildman–Crippen MR) is 96.1 cm³/mol. The molecule has 0 unspecified atom stereocenters. The van der Waals surface area contributed by atoms with E-state index in [4.69, 9.17) is 4.74 Å². The topological polar surface area (TPSA) is 97.7 Å². The van der Waals surface area contributed by atoms with E-state index in [1.807, 2.05) is 7.05 Å². The second kappa shape index (κ2) is 5.59. The number of benzene rings is 1. The first kappa shape index (κ1) is 16.4. The van der Waals surface area contributed by atoms with Gasteiger partial charge in [0.1, 0.15) is 18.0 Å². The third-order valence-corrected chi connectivity index (χ3v) is 5.94. The van der Waals surface area contributed by atoms with Gasteiger partial charge in [-0.05, 0) is 25.5 Å². The molecule has 3 aromatic rings. The number of hydrogen-bond acceptors (Lipinski definition) is 6. The van der Waals surface area contributed by atoms with Gasteiger partial charge in [-0.1, -0.05) is 0 Å². The summed E-state index contributed by atoms with van der Waals surface area (Å²) in [5, 5.41) is 15.6. The lowest BCUT2D eigenvalue weighted by Crippen LogP contribution is -2.52. The fourth-order valence-corrected chi connectivity index (χ4v) is 4.55. The van der Waals surface area contributed by atoms with E-state index in [1.165, 1.54) is 18.5 Å². The van der Waals surface area contributed by atoms with Crippen LogP contribution in [0.3, 0.4) is 0 Å². The van der Waals surface area contributed by atoms with Crippen molar-refractivity contribution in [1.82, 2.24) is 25.0 Å². The van der Waals surface area contributed by atoms with Crippen LogP contribution >= 0.6 is 0 Å².